The zero-order valence-corrected chi connectivity index (χ0v) is 34.7. The molecule has 60 heavy (non-hydrogen) atoms. The molecule has 0 aromatic carbocycles. The summed E-state index contributed by atoms with van der Waals surface area (Å²) in [6, 6.07) is -6.09. The van der Waals surface area contributed by atoms with Crippen LogP contribution >= 0.6 is 0 Å². The number of carboxylic acids is 1. The number of hydrogen-bond donors (Lipinski definition) is 6. The van der Waals surface area contributed by atoms with Crippen molar-refractivity contribution in [3.8, 4) is 0 Å². The van der Waals surface area contributed by atoms with Crippen LogP contribution in [-0.2, 0) is 38.3 Å². The summed E-state index contributed by atoms with van der Waals surface area (Å²) in [5, 5.41) is 20.4. The molecule has 6 amide bonds. The van der Waals surface area contributed by atoms with Crippen molar-refractivity contribution >= 4 is 53.2 Å². The molecule has 2 saturated carbocycles. The Hall–Kier alpha value is -5.75. The monoisotopic (exact) mass is 838 g/mol. The summed E-state index contributed by atoms with van der Waals surface area (Å²) in [5.41, 5.74) is 3.51. The van der Waals surface area contributed by atoms with Gasteiger partial charge in [-0.2, -0.15) is 0 Å². The number of likely N-dealkylation sites (tertiary alicyclic amines) is 1. The highest BCUT2D eigenvalue weighted by atomic mass is 16.5. The molecule has 1 saturated heterocycles. The Morgan fingerprint density at radius 2 is 1.43 bits per heavy atom. The highest BCUT2D eigenvalue weighted by Gasteiger charge is 2.46. The van der Waals surface area contributed by atoms with Gasteiger partial charge in [-0.05, 0) is 55.8 Å². The number of carbonyl (C=O) groups is 9. The number of allylic oxidation sites excluding steroid dienone is 1. The highest BCUT2D eigenvalue weighted by molar-refractivity contribution is 6.05. The van der Waals surface area contributed by atoms with Gasteiger partial charge in [0.15, 0.2) is 17.2 Å². The zero-order valence-electron chi connectivity index (χ0n) is 34.7. The van der Waals surface area contributed by atoms with Gasteiger partial charge in [0.05, 0.1) is 13.7 Å². The molecule has 1 aliphatic heterocycles. The molecule has 328 valence electrons. The van der Waals surface area contributed by atoms with Crippen molar-refractivity contribution < 1.29 is 53.0 Å². The van der Waals surface area contributed by atoms with Crippen LogP contribution in [0.3, 0.4) is 0 Å². The third kappa shape index (κ3) is 12.6. The van der Waals surface area contributed by atoms with E-state index in [1.165, 1.54) is 13.2 Å². The lowest BCUT2D eigenvalue weighted by Gasteiger charge is -2.37. The third-order valence-corrected chi connectivity index (χ3v) is 11.4. The number of aromatic carboxylic acids is 1. The summed E-state index contributed by atoms with van der Waals surface area (Å²) in [5.74, 6) is -7.67. The molecule has 3 fully saturated rings. The standard InChI is InChI=1S/C41H58N8O11/c1-41(2,3)33(48-35(53)26(17-11-12-18-28(51)60-4)45-38(56)31-32(40(58)59)44-20-19-43-31)39(57)49-22-25(50)21-27(49)36(54)47-30(24-15-9-6-10-16-24)37(55)46-29(34(42)52)23-13-7-5-8-14-23/h12,18-20,23-24,26-27,29-30,33H,5-11,13-17,21-22H2,1-4H3,(H2,42,52)(H,45,56)(H,46,55)(H,47,54)(H,48,53)(H,58,59)/b18-12+/t26-,27-,29-,30-,33+/m0/s1. The van der Waals surface area contributed by atoms with E-state index in [2.05, 4.69) is 36.0 Å². The summed E-state index contributed by atoms with van der Waals surface area (Å²) in [6.07, 6.45) is 12.5. The molecule has 0 unspecified atom stereocenters. The van der Waals surface area contributed by atoms with Crippen molar-refractivity contribution in [3.63, 3.8) is 0 Å². The van der Waals surface area contributed by atoms with Crippen LogP contribution in [0.4, 0.5) is 0 Å². The number of methoxy groups -OCH3 is 1. The number of nitrogens with two attached hydrogens (primary N) is 1. The van der Waals surface area contributed by atoms with Crippen LogP contribution in [0.5, 0.6) is 0 Å². The molecule has 0 spiro atoms. The summed E-state index contributed by atoms with van der Waals surface area (Å²) >= 11 is 0. The predicted octanol–water partition coefficient (Wildman–Crippen LogP) is 1.10. The predicted molar refractivity (Wildman–Crippen MR) is 213 cm³/mol. The fourth-order valence-corrected chi connectivity index (χ4v) is 8.13. The third-order valence-electron chi connectivity index (χ3n) is 11.4. The Kier molecular flexibility index (Phi) is 16.8. The highest BCUT2D eigenvalue weighted by Crippen LogP contribution is 2.30. The van der Waals surface area contributed by atoms with Crippen LogP contribution in [-0.4, -0.2) is 117 Å². The first-order valence-electron chi connectivity index (χ1n) is 20.5. The van der Waals surface area contributed by atoms with Gasteiger partial charge in [0, 0.05) is 24.9 Å². The fourth-order valence-electron chi connectivity index (χ4n) is 8.13. The van der Waals surface area contributed by atoms with Crippen molar-refractivity contribution in [1.29, 1.82) is 0 Å². The van der Waals surface area contributed by atoms with E-state index >= 15 is 0 Å². The maximum atomic E-state index is 14.5. The summed E-state index contributed by atoms with van der Waals surface area (Å²) in [7, 11) is 1.18. The van der Waals surface area contributed by atoms with Crippen molar-refractivity contribution in [2.24, 2.45) is 23.0 Å². The molecule has 5 atom stereocenters. The molecule has 2 heterocycles. The van der Waals surface area contributed by atoms with E-state index in [1.54, 1.807) is 20.8 Å². The number of hydrogen-bond acceptors (Lipinski definition) is 12. The van der Waals surface area contributed by atoms with Crippen molar-refractivity contribution in [2.75, 3.05) is 13.7 Å². The Morgan fingerprint density at radius 1 is 0.850 bits per heavy atom. The molecule has 3 aliphatic rings. The van der Waals surface area contributed by atoms with E-state index in [0.29, 0.717) is 12.8 Å². The normalized spacial score (nSPS) is 19.7. The average molecular weight is 839 g/mol. The first kappa shape index (κ1) is 46.9. The van der Waals surface area contributed by atoms with Gasteiger partial charge in [-0.1, -0.05) is 65.4 Å². The topological polar surface area (TPSA) is 286 Å². The smallest absolute Gasteiger partial charge is 0.356 e. The number of esters is 1. The summed E-state index contributed by atoms with van der Waals surface area (Å²) in [4.78, 5) is 128. The second kappa shape index (κ2) is 21.5. The quantitative estimate of drug-likeness (QED) is 0.0948. The van der Waals surface area contributed by atoms with Crippen LogP contribution in [0.25, 0.3) is 0 Å². The number of nitrogens with one attached hydrogen (secondary N) is 4. The lowest BCUT2D eigenvalue weighted by Crippen LogP contribution is -2.62. The minimum Gasteiger partial charge on any atom is -0.476 e. The first-order valence-corrected chi connectivity index (χ1v) is 20.5. The summed E-state index contributed by atoms with van der Waals surface area (Å²) < 4.78 is 4.59. The van der Waals surface area contributed by atoms with Gasteiger partial charge >= 0.3 is 11.9 Å². The van der Waals surface area contributed by atoms with Gasteiger partial charge in [0.25, 0.3) is 5.91 Å². The number of ketones is 1. The van der Waals surface area contributed by atoms with E-state index in [9.17, 15) is 48.3 Å². The van der Waals surface area contributed by atoms with Gasteiger partial charge in [-0.25, -0.2) is 19.6 Å². The maximum Gasteiger partial charge on any atom is 0.356 e. The molecular formula is C41H58N8O11. The Labute approximate surface area is 348 Å². The van der Waals surface area contributed by atoms with Crippen molar-refractivity contribution in [2.45, 2.75) is 134 Å². The molecule has 1 aromatic rings. The molecule has 19 heteroatoms. The van der Waals surface area contributed by atoms with Crippen molar-refractivity contribution in [1.82, 2.24) is 36.1 Å². The number of Topliss-reactive ketones (excluding diaryl/α,β-unsaturated/α-hetero) is 1. The minimum absolute atomic E-state index is 0.0489. The second-order valence-electron chi connectivity index (χ2n) is 16.8. The van der Waals surface area contributed by atoms with Gasteiger partial charge < -0.3 is 41.7 Å². The van der Waals surface area contributed by atoms with Gasteiger partial charge in [0.1, 0.15) is 30.2 Å². The Morgan fingerprint density at radius 3 is 1.98 bits per heavy atom. The van der Waals surface area contributed by atoms with E-state index in [4.69, 9.17) is 5.73 Å². The lowest BCUT2D eigenvalue weighted by atomic mass is 9.81. The number of amides is 6. The lowest BCUT2D eigenvalue weighted by molar-refractivity contribution is -0.145. The molecule has 19 nitrogen and oxygen atoms in total. The minimum atomic E-state index is -1.53. The molecule has 2 aliphatic carbocycles. The number of carbonyl (C=O) groups excluding carboxylic acids is 8. The van der Waals surface area contributed by atoms with E-state index in [1.807, 2.05) is 0 Å². The van der Waals surface area contributed by atoms with E-state index in [0.717, 1.165) is 74.7 Å². The Bertz CT molecular complexity index is 1820. The Balaban J connectivity index is 1.57. The van der Waals surface area contributed by atoms with Crippen molar-refractivity contribution in [3.05, 3.63) is 35.9 Å². The largest absolute Gasteiger partial charge is 0.476 e. The van der Waals surface area contributed by atoms with Crippen LogP contribution < -0.4 is 27.0 Å². The molecular weight excluding hydrogens is 780 g/mol. The molecule has 4 rings (SSSR count). The molecule has 1 aromatic heterocycles. The second-order valence-corrected chi connectivity index (χ2v) is 16.8. The number of ether oxygens (including phenoxy) is 1. The van der Waals surface area contributed by atoms with Gasteiger partial charge in [-0.15, -0.1) is 0 Å². The number of primary amides is 1. The van der Waals surface area contributed by atoms with Crippen LogP contribution in [0.15, 0.2) is 24.5 Å². The number of carboxylic acid groups (broad SMARTS) is 1. The van der Waals surface area contributed by atoms with Crippen LogP contribution in [0, 0.1) is 17.3 Å². The molecule has 0 bridgehead atoms. The van der Waals surface area contributed by atoms with Gasteiger partial charge in [0.2, 0.25) is 29.5 Å². The van der Waals surface area contributed by atoms with E-state index < -0.39 is 107 Å². The van der Waals surface area contributed by atoms with E-state index in [-0.39, 0.29) is 31.1 Å². The zero-order chi connectivity index (χ0) is 44.1. The summed E-state index contributed by atoms with van der Waals surface area (Å²) in [6.45, 7) is 4.51. The SMILES string of the molecule is COC(=O)/C=C/CC[C@H](NC(=O)c1nccnc1C(=O)O)C(=O)N[C@H](C(=O)N1CC(=O)C[C@H]1C(=O)N[C@H](C(=O)N[C@H](C(N)=O)C1CCCCC1)C1CCCCC1)C(C)(C)C. The number of aromatic nitrogens is 2. The number of nitrogens with zero attached hydrogens (tertiary/aromatic N) is 3. The maximum absolute atomic E-state index is 14.5. The van der Waals surface area contributed by atoms with Gasteiger partial charge in [-0.3, -0.25) is 33.6 Å². The molecule has 0 radical (unpaired) electrons. The first-order chi connectivity index (χ1) is 28.4. The fraction of sp³-hybridized carbons (Fsp3) is 0.634. The van der Waals surface area contributed by atoms with Crippen LogP contribution in [0.1, 0.15) is 125 Å². The van der Waals surface area contributed by atoms with Crippen LogP contribution in [0.2, 0.25) is 0 Å². The average Bonchev–Trinajstić information content (AvgIpc) is 3.63. The number of rotatable bonds is 17. The molecule has 7 N–H and O–H groups in total.